The minimum Gasteiger partial charge on any atom is -0.497 e. The molecular formula is C26H29ClN2O4S2. The Balaban J connectivity index is 1.59. The van der Waals surface area contributed by atoms with Crippen molar-refractivity contribution < 1.29 is 17.9 Å². The van der Waals surface area contributed by atoms with E-state index in [0.29, 0.717) is 23.0 Å². The number of methoxy groups -OCH3 is 1. The first-order valence-electron chi connectivity index (χ1n) is 11.1. The van der Waals surface area contributed by atoms with Gasteiger partial charge in [-0.15, -0.1) is 0 Å². The maximum atomic E-state index is 13.4. The van der Waals surface area contributed by atoms with Crippen LogP contribution in [0.2, 0.25) is 5.02 Å². The maximum Gasteiger partial charge on any atom is 0.264 e. The molecule has 1 N–H and O–H groups in total. The molecule has 0 unspecified atom stereocenters. The standard InChI is InChI=1S/C26H29ClN2O4S2/c1-20-5-3-6-21(17-20)19-34-16-4-15-28-26(30)18-29(23-9-7-22(27)8-10-23)35(31,32)25-13-11-24(33-2)12-14-25/h3,5-14,17H,4,15-16,18-19H2,1-2H3,(H,28,30). The molecule has 1 amide bonds. The second-order valence-electron chi connectivity index (χ2n) is 7.91. The molecule has 3 rings (SSSR count). The molecule has 0 bridgehead atoms. The number of thioether (sulfide) groups is 1. The third kappa shape index (κ3) is 7.92. The summed E-state index contributed by atoms with van der Waals surface area (Å²) >= 11 is 7.78. The van der Waals surface area contributed by atoms with Crippen LogP contribution in [0.3, 0.4) is 0 Å². The van der Waals surface area contributed by atoms with Crippen LogP contribution in [0, 0.1) is 6.92 Å². The van der Waals surface area contributed by atoms with Gasteiger partial charge in [-0.25, -0.2) is 8.42 Å². The summed E-state index contributed by atoms with van der Waals surface area (Å²) in [6.07, 6.45) is 0.786. The molecule has 186 valence electrons. The summed E-state index contributed by atoms with van der Waals surface area (Å²) in [4.78, 5) is 12.8. The number of halogens is 1. The lowest BCUT2D eigenvalue weighted by molar-refractivity contribution is -0.119. The summed E-state index contributed by atoms with van der Waals surface area (Å²) in [5, 5.41) is 3.31. The summed E-state index contributed by atoms with van der Waals surface area (Å²) in [7, 11) is -2.48. The van der Waals surface area contributed by atoms with Crippen molar-refractivity contribution in [2.45, 2.75) is 24.0 Å². The van der Waals surface area contributed by atoms with Crippen molar-refractivity contribution in [2.75, 3.05) is 30.3 Å². The van der Waals surface area contributed by atoms with Crippen molar-refractivity contribution in [3.05, 3.63) is 88.9 Å². The molecule has 9 heteroatoms. The number of sulfonamides is 1. The SMILES string of the molecule is COc1ccc(S(=O)(=O)N(CC(=O)NCCCSCc2cccc(C)c2)c2ccc(Cl)cc2)cc1. The van der Waals surface area contributed by atoms with Gasteiger partial charge in [-0.05, 0) is 73.2 Å². The van der Waals surface area contributed by atoms with Crippen LogP contribution < -0.4 is 14.4 Å². The number of anilines is 1. The van der Waals surface area contributed by atoms with Crippen molar-refractivity contribution in [1.29, 1.82) is 0 Å². The molecule has 0 aliphatic carbocycles. The highest BCUT2D eigenvalue weighted by atomic mass is 35.5. The van der Waals surface area contributed by atoms with Crippen LogP contribution in [0.25, 0.3) is 0 Å². The molecule has 0 fully saturated rings. The molecule has 0 aromatic heterocycles. The van der Waals surface area contributed by atoms with Gasteiger partial charge in [0.25, 0.3) is 10.0 Å². The van der Waals surface area contributed by atoms with Gasteiger partial charge in [0.1, 0.15) is 12.3 Å². The molecule has 3 aromatic carbocycles. The molecule has 35 heavy (non-hydrogen) atoms. The lowest BCUT2D eigenvalue weighted by atomic mass is 10.2. The number of hydrogen-bond acceptors (Lipinski definition) is 5. The number of aryl methyl sites for hydroxylation is 1. The molecule has 3 aromatic rings. The van der Waals surface area contributed by atoms with Gasteiger partial charge in [0.2, 0.25) is 5.91 Å². The Morgan fingerprint density at radius 1 is 1.06 bits per heavy atom. The Morgan fingerprint density at radius 2 is 1.77 bits per heavy atom. The van der Waals surface area contributed by atoms with Gasteiger partial charge in [-0.1, -0.05) is 41.4 Å². The van der Waals surface area contributed by atoms with Gasteiger partial charge < -0.3 is 10.1 Å². The lowest BCUT2D eigenvalue weighted by Crippen LogP contribution is -2.41. The first-order valence-corrected chi connectivity index (χ1v) is 14.1. The zero-order chi connectivity index (χ0) is 25.3. The van der Waals surface area contributed by atoms with E-state index in [0.717, 1.165) is 22.2 Å². The Morgan fingerprint density at radius 3 is 2.43 bits per heavy atom. The monoisotopic (exact) mass is 532 g/mol. The van der Waals surface area contributed by atoms with Gasteiger partial charge in [-0.2, -0.15) is 11.8 Å². The number of carbonyl (C=O) groups excluding carboxylic acids is 1. The Hall–Kier alpha value is -2.68. The van der Waals surface area contributed by atoms with E-state index in [9.17, 15) is 13.2 Å². The molecular weight excluding hydrogens is 504 g/mol. The minimum atomic E-state index is -3.99. The van der Waals surface area contributed by atoms with Crippen molar-refractivity contribution in [3.8, 4) is 5.75 Å². The minimum absolute atomic E-state index is 0.0635. The number of carbonyl (C=O) groups is 1. The molecule has 0 spiro atoms. The van der Waals surface area contributed by atoms with E-state index in [-0.39, 0.29) is 17.3 Å². The van der Waals surface area contributed by atoms with Crippen molar-refractivity contribution in [2.24, 2.45) is 0 Å². The Kier molecular flexibility index (Phi) is 9.89. The van der Waals surface area contributed by atoms with Crippen LogP contribution in [0.15, 0.2) is 77.7 Å². The maximum absolute atomic E-state index is 13.4. The van der Waals surface area contributed by atoms with Gasteiger partial charge >= 0.3 is 0 Å². The first kappa shape index (κ1) is 26.9. The molecule has 0 atom stereocenters. The third-order valence-electron chi connectivity index (χ3n) is 5.19. The van der Waals surface area contributed by atoms with Gasteiger partial charge in [0, 0.05) is 17.3 Å². The van der Waals surface area contributed by atoms with Gasteiger partial charge in [0.15, 0.2) is 0 Å². The number of ether oxygens (including phenoxy) is 1. The zero-order valence-electron chi connectivity index (χ0n) is 19.7. The van der Waals surface area contributed by atoms with Gasteiger partial charge in [0.05, 0.1) is 17.7 Å². The fourth-order valence-corrected chi connectivity index (χ4v) is 5.83. The number of nitrogens with zero attached hydrogens (tertiary/aromatic N) is 1. The van der Waals surface area contributed by atoms with E-state index in [2.05, 4.69) is 36.5 Å². The van der Waals surface area contributed by atoms with Crippen molar-refractivity contribution >= 4 is 45.0 Å². The third-order valence-corrected chi connectivity index (χ3v) is 8.34. The molecule has 0 heterocycles. The van der Waals surface area contributed by atoms with Crippen molar-refractivity contribution in [1.82, 2.24) is 5.32 Å². The average Bonchev–Trinajstić information content (AvgIpc) is 2.85. The first-order chi connectivity index (χ1) is 16.8. The van der Waals surface area contributed by atoms with Crippen LogP contribution in [-0.2, 0) is 20.6 Å². The summed E-state index contributed by atoms with van der Waals surface area (Å²) in [6, 6.07) is 20.8. The molecule has 0 aliphatic rings. The lowest BCUT2D eigenvalue weighted by Gasteiger charge is -2.24. The number of benzene rings is 3. The quantitative estimate of drug-likeness (QED) is 0.321. The number of rotatable bonds is 12. The summed E-state index contributed by atoms with van der Waals surface area (Å²) in [6.45, 7) is 2.20. The number of nitrogens with one attached hydrogen (secondary N) is 1. The van der Waals surface area contributed by atoms with Crippen LogP contribution in [-0.4, -0.2) is 40.3 Å². The largest absolute Gasteiger partial charge is 0.497 e. The second-order valence-corrected chi connectivity index (χ2v) is 11.3. The smallest absolute Gasteiger partial charge is 0.264 e. The highest BCUT2D eigenvalue weighted by Gasteiger charge is 2.27. The summed E-state index contributed by atoms with van der Waals surface area (Å²) < 4.78 is 33.0. The molecule has 0 aliphatic heterocycles. The number of amides is 1. The molecule has 0 saturated carbocycles. The van der Waals surface area contributed by atoms with E-state index < -0.39 is 10.0 Å². The average molecular weight is 533 g/mol. The second kappa shape index (κ2) is 12.9. The Bertz CT molecular complexity index is 1220. The molecule has 0 saturated heterocycles. The zero-order valence-corrected chi connectivity index (χ0v) is 22.1. The predicted molar refractivity (Wildman–Crippen MR) is 144 cm³/mol. The normalized spacial score (nSPS) is 11.2. The summed E-state index contributed by atoms with van der Waals surface area (Å²) in [5.41, 5.74) is 2.88. The summed E-state index contributed by atoms with van der Waals surface area (Å²) in [5.74, 6) is 1.97. The van der Waals surface area contributed by atoms with Gasteiger partial charge in [-0.3, -0.25) is 9.10 Å². The van der Waals surface area contributed by atoms with E-state index >= 15 is 0 Å². The fraction of sp³-hybridized carbons (Fsp3) is 0.269. The highest BCUT2D eigenvalue weighted by molar-refractivity contribution is 7.98. The number of hydrogen-bond donors (Lipinski definition) is 1. The van der Waals surface area contributed by atoms with E-state index in [1.54, 1.807) is 48.2 Å². The van der Waals surface area contributed by atoms with E-state index in [1.165, 1.54) is 30.4 Å². The topological polar surface area (TPSA) is 75.7 Å². The fourth-order valence-electron chi connectivity index (χ4n) is 3.38. The Labute approximate surface area is 216 Å². The van der Waals surface area contributed by atoms with Crippen LogP contribution in [0.1, 0.15) is 17.5 Å². The van der Waals surface area contributed by atoms with E-state index in [1.807, 2.05) is 0 Å². The molecule has 0 radical (unpaired) electrons. The predicted octanol–water partition coefficient (Wildman–Crippen LogP) is 5.29. The van der Waals surface area contributed by atoms with Crippen LogP contribution in [0.4, 0.5) is 5.69 Å². The highest BCUT2D eigenvalue weighted by Crippen LogP contribution is 2.26. The molecule has 6 nitrogen and oxygen atoms in total. The van der Waals surface area contributed by atoms with Crippen LogP contribution in [0.5, 0.6) is 5.75 Å². The van der Waals surface area contributed by atoms with Crippen molar-refractivity contribution in [3.63, 3.8) is 0 Å². The van der Waals surface area contributed by atoms with E-state index in [4.69, 9.17) is 16.3 Å². The van der Waals surface area contributed by atoms with Crippen LogP contribution >= 0.6 is 23.4 Å².